The summed E-state index contributed by atoms with van der Waals surface area (Å²) in [4.78, 5) is 23.6. The quantitative estimate of drug-likeness (QED) is 0.551. The fraction of sp³-hybridized carbons (Fsp3) is 0.167. The SMILES string of the molecule is CC(=O)N[C@@H](Cc1ccc(O)cc1)C(=O)N/N=C\c1ccccc1F. The van der Waals surface area contributed by atoms with Gasteiger partial charge in [-0.3, -0.25) is 9.59 Å². The van der Waals surface area contributed by atoms with E-state index in [1.165, 1.54) is 37.4 Å². The number of phenolic OH excluding ortho intramolecular Hbond substituents is 1. The maximum Gasteiger partial charge on any atom is 0.262 e. The first-order valence-electron chi connectivity index (χ1n) is 7.58. The highest BCUT2D eigenvalue weighted by molar-refractivity contribution is 5.88. The van der Waals surface area contributed by atoms with Crippen LogP contribution in [-0.2, 0) is 16.0 Å². The lowest BCUT2D eigenvalue weighted by Crippen LogP contribution is -2.46. The summed E-state index contributed by atoms with van der Waals surface area (Å²) in [5, 5.41) is 15.6. The monoisotopic (exact) mass is 343 g/mol. The number of nitrogens with one attached hydrogen (secondary N) is 2. The summed E-state index contributed by atoms with van der Waals surface area (Å²) in [6.45, 7) is 1.31. The second-order valence-corrected chi connectivity index (χ2v) is 5.38. The molecular weight excluding hydrogens is 325 g/mol. The Balaban J connectivity index is 2.03. The van der Waals surface area contributed by atoms with E-state index in [1.807, 2.05) is 0 Å². The normalized spacial score (nSPS) is 11.9. The number of rotatable bonds is 6. The molecule has 0 spiro atoms. The fourth-order valence-electron chi connectivity index (χ4n) is 2.15. The van der Waals surface area contributed by atoms with Gasteiger partial charge in [-0.25, -0.2) is 9.82 Å². The fourth-order valence-corrected chi connectivity index (χ4v) is 2.15. The molecule has 0 unspecified atom stereocenters. The van der Waals surface area contributed by atoms with Gasteiger partial charge in [-0.1, -0.05) is 30.3 Å². The molecule has 130 valence electrons. The van der Waals surface area contributed by atoms with Crippen molar-refractivity contribution < 1.29 is 19.1 Å². The van der Waals surface area contributed by atoms with E-state index in [4.69, 9.17) is 0 Å². The van der Waals surface area contributed by atoms with E-state index in [1.54, 1.807) is 24.3 Å². The minimum Gasteiger partial charge on any atom is -0.508 e. The molecule has 2 amide bonds. The summed E-state index contributed by atoms with van der Waals surface area (Å²) >= 11 is 0. The topological polar surface area (TPSA) is 90.8 Å². The van der Waals surface area contributed by atoms with Crippen LogP contribution in [-0.4, -0.2) is 29.2 Å². The predicted molar refractivity (Wildman–Crippen MR) is 91.6 cm³/mol. The number of hydrogen-bond donors (Lipinski definition) is 3. The molecule has 0 radical (unpaired) electrons. The van der Waals surface area contributed by atoms with Gasteiger partial charge in [0.15, 0.2) is 0 Å². The number of benzene rings is 2. The molecule has 0 bridgehead atoms. The highest BCUT2D eigenvalue weighted by atomic mass is 19.1. The highest BCUT2D eigenvalue weighted by Gasteiger charge is 2.19. The zero-order valence-corrected chi connectivity index (χ0v) is 13.6. The van der Waals surface area contributed by atoms with Crippen LogP contribution >= 0.6 is 0 Å². The number of hydrogen-bond acceptors (Lipinski definition) is 4. The molecule has 0 aliphatic carbocycles. The van der Waals surface area contributed by atoms with Crippen LogP contribution in [0, 0.1) is 5.82 Å². The summed E-state index contributed by atoms with van der Waals surface area (Å²) < 4.78 is 13.5. The first kappa shape index (κ1) is 18.1. The Morgan fingerprint density at radius 2 is 1.88 bits per heavy atom. The Labute approximate surface area is 144 Å². The molecule has 0 fully saturated rings. The molecule has 7 heteroatoms. The van der Waals surface area contributed by atoms with Gasteiger partial charge in [0.25, 0.3) is 5.91 Å². The van der Waals surface area contributed by atoms with Gasteiger partial charge >= 0.3 is 0 Å². The van der Waals surface area contributed by atoms with E-state index < -0.39 is 17.8 Å². The Kier molecular flexibility index (Phi) is 6.22. The van der Waals surface area contributed by atoms with Crippen molar-refractivity contribution in [2.24, 2.45) is 5.10 Å². The summed E-state index contributed by atoms with van der Waals surface area (Å²) in [5.41, 5.74) is 3.28. The van der Waals surface area contributed by atoms with E-state index in [0.717, 1.165) is 5.56 Å². The minimum absolute atomic E-state index is 0.110. The number of nitrogens with zero attached hydrogens (tertiary/aromatic N) is 1. The second kappa shape index (κ2) is 8.58. The molecule has 2 rings (SSSR count). The van der Waals surface area contributed by atoms with Crippen LogP contribution in [0.4, 0.5) is 4.39 Å². The van der Waals surface area contributed by atoms with Crippen molar-refractivity contribution >= 4 is 18.0 Å². The van der Waals surface area contributed by atoms with Gasteiger partial charge in [0.2, 0.25) is 5.91 Å². The molecule has 1 atom stereocenters. The van der Waals surface area contributed by atoms with Gasteiger partial charge in [0, 0.05) is 18.9 Å². The summed E-state index contributed by atoms with van der Waals surface area (Å²) in [6.07, 6.45) is 1.42. The molecule has 25 heavy (non-hydrogen) atoms. The number of hydrazone groups is 1. The van der Waals surface area contributed by atoms with Gasteiger partial charge in [0.05, 0.1) is 6.21 Å². The van der Waals surface area contributed by atoms with Crippen molar-refractivity contribution in [1.29, 1.82) is 0 Å². The Bertz CT molecular complexity index is 775. The van der Waals surface area contributed by atoms with Crippen molar-refractivity contribution in [3.05, 3.63) is 65.5 Å². The van der Waals surface area contributed by atoms with E-state index in [-0.39, 0.29) is 23.6 Å². The van der Waals surface area contributed by atoms with Crippen LogP contribution in [0.3, 0.4) is 0 Å². The molecular formula is C18H18FN3O3. The first-order chi connectivity index (χ1) is 12.0. The number of phenols is 1. The van der Waals surface area contributed by atoms with E-state index in [2.05, 4.69) is 15.8 Å². The average molecular weight is 343 g/mol. The Hall–Kier alpha value is -3.22. The Morgan fingerprint density at radius 3 is 2.52 bits per heavy atom. The molecule has 0 saturated heterocycles. The van der Waals surface area contributed by atoms with Crippen LogP contribution in [0.5, 0.6) is 5.75 Å². The third-order valence-corrected chi connectivity index (χ3v) is 3.35. The lowest BCUT2D eigenvalue weighted by atomic mass is 10.1. The van der Waals surface area contributed by atoms with Crippen LogP contribution in [0.25, 0.3) is 0 Å². The molecule has 2 aromatic rings. The maximum absolute atomic E-state index is 13.5. The van der Waals surface area contributed by atoms with Gasteiger partial charge in [-0.05, 0) is 23.8 Å². The summed E-state index contributed by atoms with van der Waals surface area (Å²) in [6, 6.07) is 11.5. The lowest BCUT2D eigenvalue weighted by molar-refractivity contribution is -0.128. The van der Waals surface area contributed by atoms with Crippen LogP contribution in [0.2, 0.25) is 0 Å². The zero-order valence-electron chi connectivity index (χ0n) is 13.6. The van der Waals surface area contributed by atoms with E-state index >= 15 is 0 Å². The number of carbonyl (C=O) groups is 2. The Morgan fingerprint density at radius 1 is 1.20 bits per heavy atom. The molecule has 0 aromatic heterocycles. The molecule has 0 aliphatic heterocycles. The smallest absolute Gasteiger partial charge is 0.262 e. The molecule has 3 N–H and O–H groups in total. The minimum atomic E-state index is -0.847. The van der Waals surface area contributed by atoms with Crippen LogP contribution in [0.15, 0.2) is 53.6 Å². The number of carbonyl (C=O) groups excluding carboxylic acids is 2. The van der Waals surface area contributed by atoms with Crippen LogP contribution in [0.1, 0.15) is 18.1 Å². The first-order valence-corrected chi connectivity index (χ1v) is 7.58. The molecule has 0 aliphatic rings. The van der Waals surface area contributed by atoms with Crippen molar-refractivity contribution in [2.75, 3.05) is 0 Å². The predicted octanol–water partition coefficient (Wildman–Crippen LogP) is 1.73. The van der Waals surface area contributed by atoms with Crippen molar-refractivity contribution in [3.8, 4) is 5.75 Å². The van der Waals surface area contributed by atoms with Crippen LogP contribution < -0.4 is 10.7 Å². The second-order valence-electron chi connectivity index (χ2n) is 5.38. The van der Waals surface area contributed by atoms with E-state index in [9.17, 15) is 19.1 Å². The molecule has 2 aromatic carbocycles. The van der Waals surface area contributed by atoms with Gasteiger partial charge in [-0.2, -0.15) is 5.10 Å². The summed E-state index contributed by atoms with van der Waals surface area (Å²) in [7, 11) is 0. The van der Waals surface area contributed by atoms with Crippen molar-refractivity contribution in [2.45, 2.75) is 19.4 Å². The van der Waals surface area contributed by atoms with Gasteiger partial charge in [-0.15, -0.1) is 0 Å². The zero-order chi connectivity index (χ0) is 18.2. The third kappa shape index (κ3) is 5.72. The lowest BCUT2D eigenvalue weighted by Gasteiger charge is -2.16. The van der Waals surface area contributed by atoms with Gasteiger partial charge < -0.3 is 10.4 Å². The largest absolute Gasteiger partial charge is 0.508 e. The van der Waals surface area contributed by atoms with Crippen molar-refractivity contribution in [1.82, 2.24) is 10.7 Å². The van der Waals surface area contributed by atoms with E-state index in [0.29, 0.717) is 0 Å². The third-order valence-electron chi connectivity index (χ3n) is 3.35. The number of aromatic hydroxyl groups is 1. The molecule has 0 heterocycles. The average Bonchev–Trinajstić information content (AvgIpc) is 2.57. The number of amides is 2. The maximum atomic E-state index is 13.5. The highest BCUT2D eigenvalue weighted by Crippen LogP contribution is 2.11. The van der Waals surface area contributed by atoms with Crippen molar-refractivity contribution in [3.63, 3.8) is 0 Å². The summed E-state index contributed by atoms with van der Waals surface area (Å²) in [5.74, 6) is -1.24. The molecule has 0 saturated carbocycles. The molecule has 6 nitrogen and oxygen atoms in total. The standard InChI is InChI=1S/C18H18FN3O3/c1-12(23)21-17(10-13-6-8-15(24)9-7-13)18(25)22-20-11-14-4-2-3-5-16(14)19/h2-9,11,17,24H,10H2,1H3,(H,21,23)(H,22,25)/b20-11-/t17-/m0/s1. The van der Waals surface area contributed by atoms with Gasteiger partial charge in [0.1, 0.15) is 17.6 Å². The number of halogens is 1.